The van der Waals surface area contributed by atoms with Crippen molar-refractivity contribution in [3.05, 3.63) is 35.9 Å². The lowest BCUT2D eigenvalue weighted by molar-refractivity contribution is -0.218. The summed E-state index contributed by atoms with van der Waals surface area (Å²) in [4.78, 5) is 0. The molecule has 4 atom stereocenters. The van der Waals surface area contributed by atoms with Crippen LogP contribution >= 0.6 is 0 Å². The molecule has 0 aromatic heterocycles. The Bertz CT molecular complexity index is 822. The third kappa shape index (κ3) is 3.74. The molecule has 0 N–H and O–H groups in total. The maximum atomic E-state index is 12.3. The molecule has 27 heavy (non-hydrogen) atoms. The molecule has 8 nitrogen and oxygen atoms in total. The minimum absolute atomic E-state index is 0.0163. The zero-order valence-electron chi connectivity index (χ0n) is 15.8. The van der Waals surface area contributed by atoms with Gasteiger partial charge in [-0.1, -0.05) is 30.3 Å². The van der Waals surface area contributed by atoms with Gasteiger partial charge in [-0.2, -0.15) is 9.57 Å². The van der Waals surface area contributed by atoms with Gasteiger partial charge < -0.3 is 18.9 Å². The molecule has 1 aromatic rings. The molecule has 0 aliphatic carbocycles. The van der Waals surface area contributed by atoms with Crippen molar-refractivity contribution in [1.82, 2.24) is 4.31 Å². The van der Waals surface area contributed by atoms with Crippen molar-refractivity contribution in [2.45, 2.75) is 50.3 Å². The van der Waals surface area contributed by atoms with E-state index >= 15 is 0 Å². The van der Waals surface area contributed by atoms with Gasteiger partial charge in [0.25, 0.3) is 0 Å². The maximum Gasteiger partial charge on any atom is 0.212 e. The Morgan fingerprint density at radius 1 is 1.26 bits per heavy atom. The summed E-state index contributed by atoms with van der Waals surface area (Å²) < 4.78 is 48.7. The summed E-state index contributed by atoms with van der Waals surface area (Å²) in [5.74, 6) is -0.981. The lowest BCUT2D eigenvalue weighted by Gasteiger charge is -2.37. The average Bonchev–Trinajstić information content (AvgIpc) is 3.04. The second-order valence-corrected chi connectivity index (χ2v) is 9.23. The number of fused-ring (bicyclic) bond motifs is 1. The number of nitriles is 1. The van der Waals surface area contributed by atoms with E-state index in [1.54, 1.807) is 13.8 Å². The minimum atomic E-state index is -3.70. The first-order valence-electron chi connectivity index (χ1n) is 8.58. The zero-order chi connectivity index (χ0) is 19.9. The summed E-state index contributed by atoms with van der Waals surface area (Å²) in [6.45, 7) is 3.71. The van der Waals surface area contributed by atoms with E-state index in [2.05, 4.69) is 6.07 Å². The molecule has 9 heteroatoms. The van der Waals surface area contributed by atoms with E-state index in [9.17, 15) is 13.7 Å². The van der Waals surface area contributed by atoms with Gasteiger partial charge in [0.15, 0.2) is 17.6 Å². The van der Waals surface area contributed by atoms with Crippen LogP contribution in [0.25, 0.3) is 0 Å². The van der Waals surface area contributed by atoms with Crippen molar-refractivity contribution in [3.63, 3.8) is 0 Å². The van der Waals surface area contributed by atoms with Gasteiger partial charge in [0.1, 0.15) is 12.2 Å². The van der Waals surface area contributed by atoms with Gasteiger partial charge in [0, 0.05) is 7.05 Å². The average molecular weight is 396 g/mol. The highest BCUT2D eigenvalue weighted by atomic mass is 32.2. The topological polar surface area (TPSA) is 98.1 Å². The van der Waals surface area contributed by atoms with Crippen LogP contribution in [0.3, 0.4) is 0 Å². The molecular formula is C18H24N2O6S. The van der Waals surface area contributed by atoms with Crippen LogP contribution in [0.1, 0.15) is 19.4 Å². The Hall–Kier alpha value is -1.54. The number of rotatable bonds is 6. The molecule has 148 valence electrons. The quantitative estimate of drug-likeness (QED) is 0.713. The van der Waals surface area contributed by atoms with E-state index in [1.807, 2.05) is 30.3 Å². The molecule has 2 aliphatic heterocycles. The third-order valence-corrected chi connectivity index (χ3v) is 6.16. The van der Waals surface area contributed by atoms with E-state index < -0.39 is 39.8 Å². The van der Waals surface area contributed by atoms with Gasteiger partial charge in [-0.15, -0.1) is 0 Å². The molecule has 2 aliphatic rings. The summed E-state index contributed by atoms with van der Waals surface area (Å²) in [7, 11) is -2.35. The Balaban J connectivity index is 1.85. The van der Waals surface area contributed by atoms with Crippen molar-refractivity contribution >= 4 is 10.0 Å². The molecule has 0 radical (unpaired) electrons. The SMILES string of the molecule is CN([C@@]1(C#N)C2OC(C)(C)O[C@H]2O[C@@H]1COCc1ccccc1)S(C)(=O)=O. The summed E-state index contributed by atoms with van der Waals surface area (Å²) in [6, 6.07) is 11.7. The van der Waals surface area contributed by atoms with Crippen molar-refractivity contribution in [1.29, 1.82) is 5.26 Å². The number of hydrogen-bond acceptors (Lipinski definition) is 7. The van der Waals surface area contributed by atoms with E-state index in [0.717, 1.165) is 16.1 Å². The fourth-order valence-electron chi connectivity index (χ4n) is 3.46. The molecule has 0 amide bonds. The fourth-order valence-corrected chi connectivity index (χ4v) is 4.27. The van der Waals surface area contributed by atoms with Crippen LogP contribution in [0.5, 0.6) is 0 Å². The Kier molecular flexibility index (Phi) is 5.33. The van der Waals surface area contributed by atoms with E-state index in [0.29, 0.717) is 6.61 Å². The summed E-state index contributed by atoms with van der Waals surface area (Å²) in [5, 5.41) is 10.0. The van der Waals surface area contributed by atoms with Crippen LogP contribution in [0.2, 0.25) is 0 Å². The summed E-state index contributed by atoms with van der Waals surface area (Å²) >= 11 is 0. The standard InChI is InChI=1S/C18H24N2O6S/c1-17(2)25-15-16(26-17)24-14(11-23-10-13-8-6-5-7-9-13)18(15,12-19)20(3)27(4,21)22/h5-9,14-16H,10-11H2,1-4H3/t14-,15?,16-,18-/m1/s1. The molecule has 3 rings (SSSR count). The van der Waals surface area contributed by atoms with Gasteiger partial charge in [0.05, 0.1) is 25.5 Å². The number of benzene rings is 1. The number of ether oxygens (including phenoxy) is 4. The molecule has 0 saturated carbocycles. The second kappa shape index (κ2) is 7.13. The van der Waals surface area contributed by atoms with Crippen LogP contribution in [0.4, 0.5) is 0 Å². The normalized spacial score (nSPS) is 32.4. The first-order chi connectivity index (χ1) is 12.6. The summed E-state index contributed by atoms with van der Waals surface area (Å²) in [6.07, 6.45) is -1.56. The second-order valence-electron chi connectivity index (χ2n) is 7.22. The molecule has 0 spiro atoms. The molecule has 0 bridgehead atoms. The molecule has 1 unspecified atom stereocenters. The van der Waals surface area contributed by atoms with Crippen LogP contribution in [-0.2, 0) is 35.6 Å². The Morgan fingerprint density at radius 2 is 1.93 bits per heavy atom. The van der Waals surface area contributed by atoms with Crippen molar-refractivity contribution in [3.8, 4) is 6.07 Å². The summed E-state index contributed by atoms with van der Waals surface area (Å²) in [5.41, 5.74) is -0.633. The van der Waals surface area contributed by atoms with Crippen molar-refractivity contribution in [2.24, 2.45) is 0 Å². The highest BCUT2D eigenvalue weighted by Gasteiger charge is 2.67. The predicted molar refractivity (Wildman–Crippen MR) is 95.7 cm³/mol. The highest BCUT2D eigenvalue weighted by molar-refractivity contribution is 7.88. The zero-order valence-corrected chi connectivity index (χ0v) is 16.6. The largest absolute Gasteiger partial charge is 0.374 e. The smallest absolute Gasteiger partial charge is 0.212 e. The van der Waals surface area contributed by atoms with E-state index in [4.69, 9.17) is 18.9 Å². The fraction of sp³-hybridized carbons (Fsp3) is 0.611. The first kappa shape index (κ1) is 20.2. The molecule has 1 aromatic carbocycles. The van der Waals surface area contributed by atoms with Crippen LogP contribution in [-0.4, -0.2) is 62.5 Å². The van der Waals surface area contributed by atoms with Crippen LogP contribution in [0.15, 0.2) is 30.3 Å². The maximum absolute atomic E-state index is 12.3. The van der Waals surface area contributed by atoms with Gasteiger partial charge in [-0.3, -0.25) is 0 Å². The van der Waals surface area contributed by atoms with Crippen LogP contribution in [0, 0.1) is 11.3 Å². The van der Waals surface area contributed by atoms with Gasteiger partial charge in [-0.05, 0) is 19.4 Å². The monoisotopic (exact) mass is 396 g/mol. The molecular weight excluding hydrogens is 372 g/mol. The lowest BCUT2D eigenvalue weighted by Crippen LogP contribution is -2.61. The third-order valence-electron chi connectivity index (χ3n) is 4.86. The highest BCUT2D eigenvalue weighted by Crippen LogP contribution is 2.46. The Labute approximate surface area is 159 Å². The van der Waals surface area contributed by atoms with Gasteiger partial charge in [-0.25, -0.2) is 8.42 Å². The van der Waals surface area contributed by atoms with Gasteiger partial charge in [0.2, 0.25) is 10.0 Å². The number of nitrogens with zero attached hydrogens (tertiary/aromatic N) is 2. The Morgan fingerprint density at radius 3 is 2.52 bits per heavy atom. The van der Waals surface area contributed by atoms with E-state index in [1.165, 1.54) is 7.05 Å². The number of likely N-dealkylation sites (N-methyl/N-ethyl adjacent to an activating group) is 1. The van der Waals surface area contributed by atoms with Gasteiger partial charge >= 0.3 is 0 Å². The number of hydrogen-bond donors (Lipinski definition) is 0. The van der Waals surface area contributed by atoms with Crippen molar-refractivity contribution in [2.75, 3.05) is 19.9 Å². The lowest BCUT2D eigenvalue weighted by atomic mass is 9.90. The van der Waals surface area contributed by atoms with Crippen LogP contribution < -0.4 is 0 Å². The van der Waals surface area contributed by atoms with E-state index in [-0.39, 0.29) is 6.61 Å². The molecule has 2 fully saturated rings. The minimum Gasteiger partial charge on any atom is -0.374 e. The molecule has 2 saturated heterocycles. The first-order valence-corrected chi connectivity index (χ1v) is 10.4. The molecule has 2 heterocycles. The number of sulfonamides is 1. The van der Waals surface area contributed by atoms with Crippen molar-refractivity contribution < 1.29 is 27.4 Å². The predicted octanol–water partition coefficient (Wildman–Crippen LogP) is 1.23.